The Balaban J connectivity index is 0.00000344. The topological polar surface area (TPSA) is 333 Å². The Kier molecular flexibility index (Phi) is 26.7. The number of nitrogens with zero attached hydrogens (tertiary/aromatic N) is 9. The zero-order chi connectivity index (χ0) is 55.2. The number of azo groups is 1. The minimum atomic E-state index is -5.08. The largest absolute Gasteiger partial charge is 1.00 e. The zero-order valence-electron chi connectivity index (χ0n) is 46.1. The van der Waals surface area contributed by atoms with Crippen molar-refractivity contribution in [2.75, 3.05) is 10.2 Å². The number of hydrogen-bond donors (Lipinski definition) is 1. The predicted molar refractivity (Wildman–Crippen MR) is 282 cm³/mol. The van der Waals surface area contributed by atoms with E-state index in [2.05, 4.69) is 20.8 Å². The van der Waals surface area contributed by atoms with Gasteiger partial charge in [0.2, 0.25) is 5.13 Å². The van der Waals surface area contributed by atoms with Crippen LogP contribution in [0.2, 0.25) is 0 Å². The van der Waals surface area contributed by atoms with E-state index in [1.54, 1.807) is 49.9 Å². The number of rotatable bonds is 18. The third-order valence-electron chi connectivity index (χ3n) is 13.3. The van der Waals surface area contributed by atoms with Gasteiger partial charge in [-0.3, -0.25) is 9.94 Å². The van der Waals surface area contributed by atoms with Crippen LogP contribution in [-0.4, -0.2) is 74.9 Å². The number of thiazole rings is 2. The molecule has 4 heterocycles. The molecule has 1 aliphatic rings. The van der Waals surface area contributed by atoms with Gasteiger partial charge in [-0.15, -0.1) is 10.2 Å². The van der Waals surface area contributed by atoms with Crippen molar-refractivity contribution in [3.05, 3.63) is 82.5 Å². The van der Waals surface area contributed by atoms with Crippen molar-refractivity contribution < 1.29 is 215 Å². The van der Waals surface area contributed by atoms with Gasteiger partial charge in [-0.05, 0) is 110 Å². The molecule has 0 amide bonds. The number of anilines is 4. The number of pyridine rings is 1. The first-order chi connectivity index (χ1) is 35.8. The van der Waals surface area contributed by atoms with Gasteiger partial charge >= 0.3 is 162 Å². The summed E-state index contributed by atoms with van der Waals surface area (Å²) in [6.45, 7) is 14.6. The van der Waals surface area contributed by atoms with Crippen molar-refractivity contribution >= 4 is 119 Å². The van der Waals surface area contributed by atoms with E-state index in [1.807, 2.05) is 34.6 Å². The summed E-state index contributed by atoms with van der Waals surface area (Å²) in [7, 11) is -14.8. The summed E-state index contributed by atoms with van der Waals surface area (Å²) in [6, 6.07) is 14.7. The van der Waals surface area contributed by atoms with Crippen molar-refractivity contribution in [3.8, 4) is 11.2 Å². The van der Waals surface area contributed by atoms with Gasteiger partial charge in [0.25, 0.3) is 0 Å². The summed E-state index contributed by atoms with van der Waals surface area (Å²) in [6.07, 6.45) is 1.73. The minimum absolute atomic E-state index is 0. The van der Waals surface area contributed by atoms with Crippen LogP contribution in [0.3, 0.4) is 0 Å². The molecule has 3 aromatic carbocycles. The second kappa shape index (κ2) is 29.6. The molecule has 1 aliphatic carbocycles. The zero-order valence-corrected chi connectivity index (χ0v) is 61.3. The molecule has 0 radical (unpaired) electrons. The van der Waals surface area contributed by atoms with E-state index in [9.17, 15) is 49.4 Å². The van der Waals surface area contributed by atoms with Gasteiger partial charge in [0.1, 0.15) is 43.4 Å². The third-order valence-corrected chi connectivity index (χ3v) is 19.0. The van der Waals surface area contributed by atoms with Crippen LogP contribution in [0, 0.1) is 30.1 Å². The molecule has 8 rings (SSSR count). The Morgan fingerprint density at radius 2 is 1.54 bits per heavy atom. The molecule has 0 saturated heterocycles. The van der Waals surface area contributed by atoms with Crippen LogP contribution in [0.25, 0.3) is 25.6 Å². The van der Waals surface area contributed by atoms with Gasteiger partial charge in [0.05, 0.1) is 69.0 Å². The summed E-state index contributed by atoms with van der Waals surface area (Å²) in [5.74, 6) is -0.770. The molecule has 1 N–H and O–H groups in total. The van der Waals surface area contributed by atoms with Gasteiger partial charge < -0.3 is 24.2 Å². The molecule has 22 nitrogen and oxygen atoms in total. The van der Waals surface area contributed by atoms with E-state index < -0.39 is 62.8 Å². The molecule has 0 aliphatic heterocycles. The van der Waals surface area contributed by atoms with Gasteiger partial charge in [0, 0.05) is 16.4 Å². The first-order valence-corrected chi connectivity index (χ1v) is 30.5. The molecule has 7 aromatic rings. The minimum Gasteiger partial charge on any atom is -0.748 e. The van der Waals surface area contributed by atoms with E-state index >= 15 is 0 Å². The fourth-order valence-corrected chi connectivity index (χ4v) is 14.8. The van der Waals surface area contributed by atoms with Crippen LogP contribution in [-0.2, 0) is 58.0 Å². The van der Waals surface area contributed by atoms with Crippen molar-refractivity contribution in [1.29, 1.82) is 5.26 Å². The Bertz CT molecular complexity index is 3820. The molecule has 0 spiro atoms. The molecule has 1 fully saturated rings. The molecule has 404 valence electrons. The standard InChI is InChI=1S/C48H54N10O12S6.2K.2Na/c1-9-26-13-19-37(75(63,64)65)30(11-3)41(26)53-44-40(54-55-45-32(24-49)43(48(6,7)8)56-58(45)47-51-33-17-15-28(73-70-69-59)22-35(33)72-47)25(5)21-39(52-44)57(42-27(10-2)14-20-38(31(42)12-4)76(66,67)68)46-50-34-18-16-29(74(60,61)62)23-36(34)71-46;;;;/h14-18,20-23,26,30,37,41,59H,9-13,19H2,1-8H3,(H,52,53)(H,60,61,62)(H,63,64,65)(H,66,67,68);;;;/q;4*+1/p-4. The van der Waals surface area contributed by atoms with Gasteiger partial charge in [-0.2, -0.15) is 19.4 Å². The molecular formula is C48H50K2N10Na2O12S6. The predicted octanol–water partition coefficient (Wildman–Crippen LogP) is -2.43. The maximum atomic E-state index is 13.0. The number of benzene rings is 3. The fraction of sp³-hybridized carbons (Fsp3) is 0.396. The summed E-state index contributed by atoms with van der Waals surface area (Å²) in [5.41, 5.74) is 2.02. The summed E-state index contributed by atoms with van der Waals surface area (Å²) in [5, 5.41) is 42.0. The van der Waals surface area contributed by atoms with Crippen molar-refractivity contribution in [2.45, 2.75) is 125 Å². The number of fused-ring (bicyclic) bond motifs is 2. The maximum Gasteiger partial charge on any atom is 1.00 e. The molecule has 1 saturated carbocycles. The Morgan fingerprint density at radius 1 is 0.863 bits per heavy atom. The molecular weight excluding hydrogens is 1230 g/mol. The molecule has 4 atom stereocenters. The van der Waals surface area contributed by atoms with Crippen LogP contribution in [0.15, 0.2) is 79.5 Å². The van der Waals surface area contributed by atoms with E-state index in [-0.39, 0.29) is 242 Å². The van der Waals surface area contributed by atoms with E-state index in [0.29, 0.717) is 68.4 Å². The van der Waals surface area contributed by atoms with Crippen molar-refractivity contribution in [1.82, 2.24) is 24.7 Å². The Labute approximate surface area is 606 Å². The number of aromatic nitrogens is 5. The van der Waals surface area contributed by atoms with Crippen LogP contribution in [0.4, 0.5) is 34.0 Å². The van der Waals surface area contributed by atoms with Crippen molar-refractivity contribution in [3.63, 3.8) is 0 Å². The average molecular weight is 1280 g/mol. The number of hydrogen-bond acceptors (Lipinski definition) is 24. The number of nitriles is 1. The van der Waals surface area contributed by atoms with Gasteiger partial charge in [-0.25, -0.2) is 40.2 Å². The maximum absolute atomic E-state index is 13.0. The Morgan fingerprint density at radius 3 is 2.12 bits per heavy atom. The van der Waals surface area contributed by atoms with Crippen molar-refractivity contribution in [2.24, 2.45) is 22.1 Å². The van der Waals surface area contributed by atoms with E-state index in [1.165, 1.54) is 40.3 Å². The fourth-order valence-electron chi connectivity index (χ4n) is 9.77. The summed E-state index contributed by atoms with van der Waals surface area (Å²) < 4.78 is 121. The third kappa shape index (κ3) is 15.7. The second-order valence-electron chi connectivity index (χ2n) is 19.0. The van der Waals surface area contributed by atoms with Gasteiger partial charge in [0.15, 0.2) is 16.8 Å². The van der Waals surface area contributed by atoms with E-state index in [4.69, 9.17) is 30.3 Å². The normalized spacial score (nSPS) is 16.8. The molecule has 0 bridgehead atoms. The van der Waals surface area contributed by atoms with Gasteiger partial charge in [-0.1, -0.05) is 90.0 Å². The van der Waals surface area contributed by atoms with Crippen LogP contribution >= 0.6 is 34.7 Å². The molecule has 4 aromatic heterocycles. The summed E-state index contributed by atoms with van der Waals surface area (Å²) in [4.78, 5) is 15.9. The first kappa shape index (κ1) is 72.2. The SMILES string of the molecule is CCc1ccc(S(=O)(=O)[O-])c(CC)c1N(c1cc(C)c(N=Nc2c(C#N)c(C(C)(C)C)nn2-c2nc3ccc(SOO[O-])cc3s2)c(NC2C(CC)CCC(S(=O)(=O)[O-])C2CC)n1)c1nc2ccc(S(=O)(=O)[O-])cc2s1.[K+].[K+].[Na+].[Na+]. The first-order valence-electron chi connectivity index (χ1n) is 23.8. The molecule has 80 heavy (non-hydrogen) atoms. The smallest absolute Gasteiger partial charge is 0.748 e. The monoisotopic (exact) mass is 1270 g/mol. The van der Waals surface area contributed by atoms with Crippen LogP contribution in [0.5, 0.6) is 0 Å². The van der Waals surface area contributed by atoms with Crippen LogP contribution < -0.4 is 177 Å². The molecule has 4 unspecified atom stereocenters. The Hall–Kier alpha value is -0.277. The van der Waals surface area contributed by atoms with E-state index in [0.717, 1.165) is 17.4 Å². The quantitative estimate of drug-likeness (QED) is 0.0233. The number of nitrogens with one attached hydrogen (secondary N) is 1. The van der Waals surface area contributed by atoms with Crippen LogP contribution in [0.1, 0.15) is 102 Å². The number of aryl methyl sites for hydroxylation is 2. The summed E-state index contributed by atoms with van der Waals surface area (Å²) >= 11 is 2.88. The second-order valence-corrected chi connectivity index (χ2v) is 26.1. The average Bonchev–Trinajstić information content (AvgIpc) is 4.09. The molecule has 32 heteroatoms.